The van der Waals surface area contributed by atoms with E-state index in [0.717, 1.165) is 24.2 Å². The van der Waals surface area contributed by atoms with Crippen molar-refractivity contribution in [2.45, 2.75) is 77.5 Å². The van der Waals surface area contributed by atoms with Crippen molar-refractivity contribution in [2.75, 3.05) is 20.8 Å². The zero-order valence-corrected chi connectivity index (χ0v) is 20.7. The van der Waals surface area contributed by atoms with E-state index < -0.39 is 5.60 Å². The summed E-state index contributed by atoms with van der Waals surface area (Å²) in [5, 5.41) is 17.1. The first kappa shape index (κ1) is 25.5. The molecule has 0 aliphatic heterocycles. The highest BCUT2D eigenvalue weighted by atomic mass is 16.5. The van der Waals surface area contributed by atoms with Crippen molar-refractivity contribution >= 4 is 11.8 Å². The molecule has 0 spiro atoms. The van der Waals surface area contributed by atoms with Gasteiger partial charge in [-0.25, -0.2) is 0 Å². The van der Waals surface area contributed by atoms with Crippen LogP contribution in [0.1, 0.15) is 64.9 Å². The first-order valence-electron chi connectivity index (χ1n) is 11.9. The molecular formula is C26H40N2O5. The van der Waals surface area contributed by atoms with Gasteiger partial charge in [0.05, 0.1) is 12.7 Å². The third-order valence-electron chi connectivity index (χ3n) is 7.91. The van der Waals surface area contributed by atoms with Gasteiger partial charge in [0.1, 0.15) is 12.4 Å². The molecule has 3 rings (SSSR count). The number of aliphatic hydroxyl groups is 1. The number of amides is 2. The molecular weight excluding hydrogens is 420 g/mol. The number of hydrogen-bond donors (Lipinski definition) is 3. The minimum atomic E-state index is -0.715. The number of nitrogens with one attached hydrogen (secondary N) is 2. The zero-order valence-electron chi connectivity index (χ0n) is 20.7. The van der Waals surface area contributed by atoms with Crippen LogP contribution in [0.5, 0.6) is 5.75 Å². The SMILES string of the molecule is COCC(=O)NC1CC(C)(C)C2CC(C)(O)CCC12CCC(=O)NCc1ccc(OC)cc1. The van der Waals surface area contributed by atoms with Crippen molar-refractivity contribution < 1.29 is 24.2 Å². The third-order valence-corrected chi connectivity index (χ3v) is 7.91. The second kappa shape index (κ2) is 10.0. The fourth-order valence-electron chi connectivity index (χ4n) is 6.18. The van der Waals surface area contributed by atoms with Gasteiger partial charge >= 0.3 is 0 Å². The normalized spacial score (nSPS) is 30.4. The topological polar surface area (TPSA) is 96.9 Å². The summed E-state index contributed by atoms with van der Waals surface area (Å²) in [7, 11) is 3.14. The van der Waals surface area contributed by atoms with Gasteiger partial charge in [-0.05, 0) is 73.5 Å². The lowest BCUT2D eigenvalue weighted by molar-refractivity contribution is -0.128. The van der Waals surface area contributed by atoms with Crippen molar-refractivity contribution in [1.82, 2.24) is 10.6 Å². The van der Waals surface area contributed by atoms with Crippen LogP contribution in [0.25, 0.3) is 0 Å². The summed E-state index contributed by atoms with van der Waals surface area (Å²) in [6.45, 7) is 6.84. The van der Waals surface area contributed by atoms with Crippen molar-refractivity contribution in [3.63, 3.8) is 0 Å². The highest BCUT2D eigenvalue weighted by Gasteiger charge is 2.61. The average Bonchev–Trinajstić information content (AvgIpc) is 2.97. The van der Waals surface area contributed by atoms with Gasteiger partial charge in [0.15, 0.2) is 0 Å². The molecule has 0 radical (unpaired) electrons. The Labute approximate surface area is 197 Å². The molecule has 33 heavy (non-hydrogen) atoms. The van der Waals surface area contributed by atoms with Crippen LogP contribution in [0, 0.1) is 16.7 Å². The summed E-state index contributed by atoms with van der Waals surface area (Å²) in [6, 6.07) is 7.61. The second-order valence-electron chi connectivity index (χ2n) is 10.9. The molecule has 2 aliphatic rings. The average molecular weight is 461 g/mol. The number of ether oxygens (including phenoxy) is 2. The predicted octanol–water partition coefficient (Wildman–Crippen LogP) is 3.19. The Balaban J connectivity index is 1.70. The van der Waals surface area contributed by atoms with E-state index in [9.17, 15) is 14.7 Å². The van der Waals surface area contributed by atoms with E-state index in [4.69, 9.17) is 9.47 Å². The Kier molecular flexibility index (Phi) is 7.74. The Bertz CT molecular complexity index is 836. The highest BCUT2D eigenvalue weighted by Crippen LogP contribution is 2.63. The summed E-state index contributed by atoms with van der Waals surface area (Å²) in [6.07, 6.45) is 4.05. The second-order valence-corrected chi connectivity index (χ2v) is 10.9. The molecule has 0 heterocycles. The van der Waals surface area contributed by atoms with Gasteiger partial charge in [-0.2, -0.15) is 0 Å². The van der Waals surface area contributed by atoms with Crippen LogP contribution in [0.4, 0.5) is 0 Å². The molecule has 0 saturated heterocycles. The Morgan fingerprint density at radius 3 is 2.39 bits per heavy atom. The van der Waals surface area contributed by atoms with Gasteiger partial charge in [-0.1, -0.05) is 26.0 Å². The van der Waals surface area contributed by atoms with Gasteiger partial charge in [0.2, 0.25) is 11.8 Å². The maximum atomic E-state index is 12.8. The highest BCUT2D eigenvalue weighted by molar-refractivity contribution is 5.78. The third kappa shape index (κ3) is 5.87. The smallest absolute Gasteiger partial charge is 0.246 e. The number of benzene rings is 1. The van der Waals surface area contributed by atoms with Crippen LogP contribution in [0.15, 0.2) is 24.3 Å². The summed E-state index contributed by atoms with van der Waals surface area (Å²) < 4.78 is 10.2. The largest absolute Gasteiger partial charge is 0.497 e. The molecule has 184 valence electrons. The van der Waals surface area contributed by atoms with E-state index in [-0.39, 0.29) is 41.2 Å². The molecule has 4 atom stereocenters. The van der Waals surface area contributed by atoms with Gasteiger partial charge in [-0.15, -0.1) is 0 Å². The van der Waals surface area contributed by atoms with Crippen molar-refractivity contribution in [3.05, 3.63) is 29.8 Å². The predicted molar refractivity (Wildman–Crippen MR) is 127 cm³/mol. The molecule has 2 amide bonds. The Morgan fingerprint density at radius 1 is 1.06 bits per heavy atom. The molecule has 3 N–H and O–H groups in total. The van der Waals surface area contributed by atoms with E-state index in [1.165, 1.54) is 7.11 Å². The fourth-order valence-corrected chi connectivity index (χ4v) is 6.18. The summed E-state index contributed by atoms with van der Waals surface area (Å²) in [4.78, 5) is 25.2. The standard InChI is InChI=1S/C26H40N2O5/c1-24(2)15-21(28-23(30)17-32-4)26(13-12-25(3,31)14-20(24)26)11-10-22(29)27-16-18-6-8-19(33-5)9-7-18/h6-9,20-21,31H,10-17H2,1-5H3,(H,27,29)(H,28,30). The summed E-state index contributed by atoms with van der Waals surface area (Å²) >= 11 is 0. The minimum Gasteiger partial charge on any atom is -0.497 e. The molecule has 7 heteroatoms. The molecule has 7 nitrogen and oxygen atoms in total. The molecule has 4 unspecified atom stereocenters. The molecule has 0 bridgehead atoms. The Hall–Kier alpha value is -2.12. The zero-order chi connectivity index (χ0) is 24.3. The first-order valence-corrected chi connectivity index (χ1v) is 11.9. The Morgan fingerprint density at radius 2 is 1.76 bits per heavy atom. The summed E-state index contributed by atoms with van der Waals surface area (Å²) in [5.41, 5.74) is 0.0374. The number of fused-ring (bicyclic) bond motifs is 1. The molecule has 2 aliphatic carbocycles. The number of carbonyl (C=O) groups is 2. The van der Waals surface area contributed by atoms with Crippen molar-refractivity contribution in [3.8, 4) is 5.75 Å². The van der Waals surface area contributed by atoms with Crippen LogP contribution in [0.2, 0.25) is 0 Å². The molecule has 2 fully saturated rings. The minimum absolute atomic E-state index is 0.00273. The molecule has 1 aromatic carbocycles. The monoisotopic (exact) mass is 460 g/mol. The van der Waals surface area contributed by atoms with Gasteiger partial charge < -0.3 is 25.2 Å². The van der Waals surface area contributed by atoms with E-state index in [0.29, 0.717) is 32.2 Å². The van der Waals surface area contributed by atoms with Crippen LogP contribution in [0.3, 0.4) is 0 Å². The summed E-state index contributed by atoms with van der Waals surface area (Å²) in [5.74, 6) is 0.882. The van der Waals surface area contributed by atoms with Gasteiger partial charge in [0, 0.05) is 26.1 Å². The van der Waals surface area contributed by atoms with Gasteiger partial charge in [0.25, 0.3) is 0 Å². The van der Waals surface area contributed by atoms with E-state index >= 15 is 0 Å². The number of carbonyl (C=O) groups excluding carboxylic acids is 2. The van der Waals surface area contributed by atoms with Crippen LogP contribution in [-0.4, -0.2) is 49.4 Å². The van der Waals surface area contributed by atoms with E-state index in [1.807, 2.05) is 31.2 Å². The molecule has 1 aromatic rings. The van der Waals surface area contributed by atoms with Crippen molar-refractivity contribution in [2.24, 2.45) is 16.7 Å². The molecule has 2 saturated carbocycles. The number of hydrogen-bond acceptors (Lipinski definition) is 5. The maximum absolute atomic E-state index is 12.8. The lowest BCUT2D eigenvalue weighted by Crippen LogP contribution is -2.53. The van der Waals surface area contributed by atoms with Crippen LogP contribution < -0.4 is 15.4 Å². The maximum Gasteiger partial charge on any atom is 0.246 e. The lowest BCUT2D eigenvalue weighted by atomic mass is 9.57. The van der Waals surface area contributed by atoms with Crippen LogP contribution in [-0.2, 0) is 20.9 Å². The van der Waals surface area contributed by atoms with E-state index in [2.05, 4.69) is 24.5 Å². The first-order chi connectivity index (χ1) is 15.5. The van der Waals surface area contributed by atoms with Crippen molar-refractivity contribution in [1.29, 1.82) is 0 Å². The fraction of sp³-hybridized carbons (Fsp3) is 0.692. The lowest BCUT2D eigenvalue weighted by Gasteiger charge is -2.50. The number of rotatable bonds is 9. The van der Waals surface area contributed by atoms with Crippen LogP contribution >= 0.6 is 0 Å². The van der Waals surface area contributed by atoms with E-state index in [1.54, 1.807) is 7.11 Å². The number of methoxy groups -OCH3 is 2. The quantitative estimate of drug-likeness (QED) is 0.526. The van der Waals surface area contributed by atoms with Gasteiger partial charge in [-0.3, -0.25) is 9.59 Å². The molecule has 0 aromatic heterocycles.